The molecule has 0 N–H and O–H groups in total. The van der Waals surface area contributed by atoms with Crippen LogP contribution < -0.4 is 9.47 Å². The molecule has 1 aromatic carbocycles. The van der Waals surface area contributed by atoms with Crippen molar-refractivity contribution >= 4 is 0 Å². The maximum Gasteiger partial charge on any atom is 0.387 e. The molecule has 0 fully saturated rings. The number of hydrogen-bond donors (Lipinski definition) is 0. The summed E-state index contributed by atoms with van der Waals surface area (Å²) in [5.41, 5.74) is 1.29. The van der Waals surface area contributed by atoms with Gasteiger partial charge in [0.1, 0.15) is 0 Å². The molecule has 20 heavy (non-hydrogen) atoms. The molecule has 0 atom stereocenters. The molecule has 0 spiro atoms. The van der Waals surface area contributed by atoms with Gasteiger partial charge in [0.05, 0.1) is 7.11 Å². The number of pyridine rings is 1. The molecule has 0 bridgehead atoms. The van der Waals surface area contributed by atoms with Gasteiger partial charge in [-0.25, -0.2) is 9.37 Å². The van der Waals surface area contributed by atoms with Gasteiger partial charge < -0.3 is 9.47 Å². The number of methoxy groups -OCH3 is 1. The Bertz CT molecular complexity index is 590. The van der Waals surface area contributed by atoms with Gasteiger partial charge in [0.2, 0.25) is 5.88 Å². The number of rotatable bonds is 5. The molecule has 0 amide bonds. The van der Waals surface area contributed by atoms with Crippen LogP contribution in [0.15, 0.2) is 36.4 Å². The molecule has 0 aliphatic rings. The Morgan fingerprint density at radius 1 is 1.20 bits per heavy atom. The summed E-state index contributed by atoms with van der Waals surface area (Å²) < 4.78 is 46.7. The standard InChI is InChI=1S/C14H12F3NO2/c1-19-13-4-2-3-10(18-13)7-9-5-6-11(15)12(8-9)20-14(16)17/h2-6,8,14H,7H2,1H3. The summed E-state index contributed by atoms with van der Waals surface area (Å²) in [5, 5.41) is 0. The van der Waals surface area contributed by atoms with Crippen LogP contribution in [0.1, 0.15) is 11.3 Å². The second-order valence-corrected chi connectivity index (χ2v) is 3.99. The quantitative estimate of drug-likeness (QED) is 0.842. The van der Waals surface area contributed by atoms with Crippen molar-refractivity contribution in [2.45, 2.75) is 13.0 Å². The molecule has 0 aliphatic heterocycles. The molecule has 0 saturated carbocycles. The number of halogens is 3. The van der Waals surface area contributed by atoms with Crippen LogP contribution in [0, 0.1) is 5.82 Å². The van der Waals surface area contributed by atoms with Crippen LogP contribution in [-0.2, 0) is 6.42 Å². The number of nitrogens with zero attached hydrogens (tertiary/aromatic N) is 1. The first-order chi connectivity index (χ1) is 9.58. The van der Waals surface area contributed by atoms with E-state index in [2.05, 4.69) is 9.72 Å². The zero-order valence-electron chi connectivity index (χ0n) is 10.6. The molecular formula is C14H12F3NO2. The van der Waals surface area contributed by atoms with Crippen LogP contribution in [0.3, 0.4) is 0 Å². The Labute approximate surface area is 114 Å². The Balaban J connectivity index is 2.20. The topological polar surface area (TPSA) is 31.4 Å². The van der Waals surface area contributed by atoms with Crippen LogP contribution in [0.25, 0.3) is 0 Å². The van der Waals surface area contributed by atoms with Crippen LogP contribution in [0.4, 0.5) is 13.2 Å². The van der Waals surface area contributed by atoms with E-state index in [1.165, 1.54) is 19.2 Å². The van der Waals surface area contributed by atoms with E-state index >= 15 is 0 Å². The number of hydrogen-bond acceptors (Lipinski definition) is 3. The van der Waals surface area contributed by atoms with E-state index in [1.54, 1.807) is 18.2 Å². The van der Waals surface area contributed by atoms with Gasteiger partial charge in [-0.1, -0.05) is 12.1 Å². The van der Waals surface area contributed by atoms with Gasteiger partial charge in [0.15, 0.2) is 11.6 Å². The highest BCUT2D eigenvalue weighted by Crippen LogP contribution is 2.22. The highest BCUT2D eigenvalue weighted by molar-refractivity contribution is 5.33. The zero-order chi connectivity index (χ0) is 14.5. The average Bonchev–Trinajstić information content (AvgIpc) is 2.42. The van der Waals surface area contributed by atoms with E-state index in [0.29, 0.717) is 23.6 Å². The summed E-state index contributed by atoms with van der Waals surface area (Å²) >= 11 is 0. The Morgan fingerprint density at radius 3 is 2.70 bits per heavy atom. The summed E-state index contributed by atoms with van der Waals surface area (Å²) in [6.45, 7) is -3.06. The molecular weight excluding hydrogens is 271 g/mol. The number of alkyl halides is 2. The van der Waals surface area contributed by atoms with Gasteiger partial charge in [-0.3, -0.25) is 0 Å². The third-order valence-electron chi connectivity index (χ3n) is 2.59. The Hall–Kier alpha value is -2.24. The fourth-order valence-electron chi connectivity index (χ4n) is 1.72. The fourth-order valence-corrected chi connectivity index (χ4v) is 1.72. The van der Waals surface area contributed by atoms with Crippen LogP contribution >= 0.6 is 0 Å². The lowest BCUT2D eigenvalue weighted by Gasteiger charge is -2.08. The lowest BCUT2D eigenvalue weighted by molar-refractivity contribution is -0.0522. The average molecular weight is 283 g/mol. The van der Waals surface area contributed by atoms with E-state index in [9.17, 15) is 13.2 Å². The van der Waals surface area contributed by atoms with Gasteiger partial charge in [0.25, 0.3) is 0 Å². The number of benzene rings is 1. The summed E-state index contributed by atoms with van der Waals surface area (Å²) in [7, 11) is 1.50. The van der Waals surface area contributed by atoms with Gasteiger partial charge in [-0.05, 0) is 23.8 Å². The van der Waals surface area contributed by atoms with Gasteiger partial charge >= 0.3 is 6.61 Å². The molecule has 0 unspecified atom stereocenters. The van der Waals surface area contributed by atoms with Gasteiger partial charge in [-0.15, -0.1) is 0 Å². The first-order valence-corrected chi connectivity index (χ1v) is 5.81. The van der Waals surface area contributed by atoms with Crippen LogP contribution in [-0.4, -0.2) is 18.7 Å². The van der Waals surface area contributed by atoms with Crippen molar-refractivity contribution in [1.82, 2.24) is 4.98 Å². The van der Waals surface area contributed by atoms with E-state index in [-0.39, 0.29) is 0 Å². The van der Waals surface area contributed by atoms with Crippen molar-refractivity contribution in [2.24, 2.45) is 0 Å². The first kappa shape index (κ1) is 14.2. The minimum Gasteiger partial charge on any atom is -0.481 e. The largest absolute Gasteiger partial charge is 0.481 e. The molecule has 0 aliphatic carbocycles. The predicted octanol–water partition coefficient (Wildman–Crippen LogP) is 3.42. The Morgan fingerprint density at radius 2 is 2.00 bits per heavy atom. The molecule has 6 heteroatoms. The summed E-state index contributed by atoms with van der Waals surface area (Å²) in [5.74, 6) is -0.846. The second-order valence-electron chi connectivity index (χ2n) is 3.99. The van der Waals surface area contributed by atoms with Crippen molar-refractivity contribution in [2.75, 3.05) is 7.11 Å². The smallest absolute Gasteiger partial charge is 0.387 e. The molecule has 0 saturated heterocycles. The van der Waals surface area contributed by atoms with Crippen molar-refractivity contribution in [1.29, 1.82) is 0 Å². The van der Waals surface area contributed by atoms with Crippen molar-refractivity contribution < 1.29 is 22.6 Å². The lowest BCUT2D eigenvalue weighted by atomic mass is 10.1. The predicted molar refractivity (Wildman–Crippen MR) is 66.6 cm³/mol. The number of aromatic nitrogens is 1. The molecule has 0 radical (unpaired) electrons. The molecule has 2 rings (SSSR count). The third kappa shape index (κ3) is 3.63. The summed E-state index contributed by atoms with van der Waals surface area (Å²) in [6, 6.07) is 9.05. The number of ether oxygens (including phenoxy) is 2. The normalized spacial score (nSPS) is 10.7. The highest BCUT2D eigenvalue weighted by atomic mass is 19.3. The maximum absolute atomic E-state index is 13.3. The van der Waals surface area contributed by atoms with Crippen molar-refractivity contribution in [3.05, 3.63) is 53.5 Å². The third-order valence-corrected chi connectivity index (χ3v) is 2.59. The molecule has 1 heterocycles. The van der Waals surface area contributed by atoms with Crippen LogP contribution in [0.2, 0.25) is 0 Å². The van der Waals surface area contributed by atoms with Crippen LogP contribution in [0.5, 0.6) is 11.6 Å². The molecule has 2 aromatic rings. The summed E-state index contributed by atoms with van der Waals surface area (Å²) in [6.07, 6.45) is 0.358. The SMILES string of the molecule is COc1cccc(Cc2ccc(F)c(OC(F)F)c2)n1. The maximum atomic E-state index is 13.3. The van der Waals surface area contributed by atoms with E-state index in [4.69, 9.17) is 4.74 Å². The second kappa shape index (κ2) is 6.27. The van der Waals surface area contributed by atoms with Crippen molar-refractivity contribution in [3.8, 4) is 11.6 Å². The van der Waals surface area contributed by atoms with Crippen molar-refractivity contribution in [3.63, 3.8) is 0 Å². The minimum absolute atomic E-state index is 0.358. The Kier molecular flexibility index (Phi) is 4.45. The zero-order valence-corrected chi connectivity index (χ0v) is 10.6. The fraction of sp³-hybridized carbons (Fsp3) is 0.214. The van der Waals surface area contributed by atoms with E-state index < -0.39 is 18.2 Å². The molecule has 1 aromatic heterocycles. The van der Waals surface area contributed by atoms with E-state index in [0.717, 1.165) is 6.07 Å². The molecule has 106 valence electrons. The minimum atomic E-state index is -3.06. The first-order valence-electron chi connectivity index (χ1n) is 5.81. The highest BCUT2D eigenvalue weighted by Gasteiger charge is 2.11. The van der Waals surface area contributed by atoms with Gasteiger partial charge in [0, 0.05) is 18.2 Å². The van der Waals surface area contributed by atoms with Gasteiger partial charge in [-0.2, -0.15) is 8.78 Å². The van der Waals surface area contributed by atoms with E-state index in [1.807, 2.05) is 0 Å². The monoisotopic (exact) mass is 283 g/mol. The lowest BCUT2D eigenvalue weighted by Crippen LogP contribution is -2.04. The summed E-state index contributed by atoms with van der Waals surface area (Å²) in [4.78, 5) is 4.19. The molecule has 3 nitrogen and oxygen atoms in total.